The molecule has 2 fully saturated rings. The average Bonchev–Trinajstić information content (AvgIpc) is 2.72. The molecule has 7 nitrogen and oxygen atoms in total. The highest BCUT2D eigenvalue weighted by atomic mass is 19.1. The molecule has 0 bridgehead atoms. The van der Waals surface area contributed by atoms with Gasteiger partial charge in [-0.05, 0) is 0 Å². The van der Waals surface area contributed by atoms with E-state index >= 15 is 0 Å². The molecule has 4 rings (SSSR count). The van der Waals surface area contributed by atoms with Crippen LogP contribution in [0.25, 0.3) is 0 Å². The third-order valence-electron chi connectivity index (χ3n) is 5.00. The number of hydrogen-bond acceptors (Lipinski definition) is 7. The van der Waals surface area contributed by atoms with Crippen LogP contribution in [0.2, 0.25) is 0 Å². The first kappa shape index (κ1) is 18.0. The van der Waals surface area contributed by atoms with E-state index in [1.54, 1.807) is 6.33 Å². The van der Waals surface area contributed by atoms with Gasteiger partial charge in [-0.15, -0.1) is 0 Å². The Morgan fingerprint density at radius 3 is 2.07 bits per heavy atom. The number of rotatable bonds is 4. The molecule has 2 aliphatic heterocycles. The van der Waals surface area contributed by atoms with Gasteiger partial charge < -0.3 is 14.5 Å². The summed E-state index contributed by atoms with van der Waals surface area (Å²) < 4.78 is 33.0. The van der Waals surface area contributed by atoms with Gasteiger partial charge in [-0.2, -0.15) is 0 Å². The maximum atomic E-state index is 13.8. The lowest BCUT2D eigenvalue weighted by Crippen LogP contribution is -2.46. The molecule has 0 aromatic carbocycles. The minimum absolute atomic E-state index is 0.0788. The fourth-order valence-electron chi connectivity index (χ4n) is 3.42. The maximum absolute atomic E-state index is 13.8. The first-order valence-corrected chi connectivity index (χ1v) is 9.10. The summed E-state index contributed by atoms with van der Waals surface area (Å²) in [4.78, 5) is 18.7. The van der Waals surface area contributed by atoms with Gasteiger partial charge in [-0.3, -0.25) is 9.88 Å². The first-order valence-electron chi connectivity index (χ1n) is 9.10. The second-order valence-electron chi connectivity index (χ2n) is 6.68. The van der Waals surface area contributed by atoms with Gasteiger partial charge in [0.2, 0.25) is 0 Å². The van der Waals surface area contributed by atoms with E-state index in [9.17, 15) is 8.78 Å². The zero-order chi connectivity index (χ0) is 18.6. The van der Waals surface area contributed by atoms with E-state index in [1.807, 2.05) is 11.0 Å². The summed E-state index contributed by atoms with van der Waals surface area (Å²) in [5.41, 5.74) is 0.0788. The number of morpholine rings is 1. The molecule has 2 saturated heterocycles. The van der Waals surface area contributed by atoms with E-state index in [1.165, 1.54) is 0 Å². The Morgan fingerprint density at radius 2 is 1.44 bits per heavy atom. The zero-order valence-corrected chi connectivity index (χ0v) is 15.0. The van der Waals surface area contributed by atoms with Crippen molar-refractivity contribution >= 4 is 11.6 Å². The smallest absolute Gasteiger partial charge is 0.148 e. The van der Waals surface area contributed by atoms with Gasteiger partial charge >= 0.3 is 0 Å². The second kappa shape index (κ2) is 8.10. The number of piperazine rings is 1. The molecule has 4 heterocycles. The summed E-state index contributed by atoms with van der Waals surface area (Å²) >= 11 is 0. The van der Waals surface area contributed by atoms with Crippen LogP contribution < -0.4 is 9.80 Å². The molecule has 0 unspecified atom stereocenters. The number of anilines is 2. The minimum atomic E-state index is -0.594. The molecule has 0 amide bonds. The summed E-state index contributed by atoms with van der Waals surface area (Å²) in [5.74, 6) is 0.603. The van der Waals surface area contributed by atoms with Gasteiger partial charge in [-0.25, -0.2) is 18.7 Å². The summed E-state index contributed by atoms with van der Waals surface area (Å²) in [5, 5.41) is 0. The van der Waals surface area contributed by atoms with E-state index < -0.39 is 11.6 Å². The maximum Gasteiger partial charge on any atom is 0.148 e. The van der Waals surface area contributed by atoms with Crippen LogP contribution in [-0.4, -0.2) is 72.3 Å². The van der Waals surface area contributed by atoms with Crippen molar-refractivity contribution in [2.75, 3.05) is 62.3 Å². The molecule has 2 aliphatic rings. The fraction of sp³-hybridized carbons (Fsp3) is 0.500. The van der Waals surface area contributed by atoms with Crippen molar-refractivity contribution in [1.29, 1.82) is 0 Å². The first-order chi connectivity index (χ1) is 13.2. The highest BCUT2D eigenvalue weighted by Gasteiger charge is 2.22. The van der Waals surface area contributed by atoms with Crippen LogP contribution in [0.5, 0.6) is 0 Å². The van der Waals surface area contributed by atoms with E-state index in [2.05, 4.69) is 24.8 Å². The number of nitrogens with zero attached hydrogens (tertiary/aromatic N) is 6. The Bertz CT molecular complexity index is 758. The summed E-state index contributed by atoms with van der Waals surface area (Å²) in [7, 11) is 0. The zero-order valence-electron chi connectivity index (χ0n) is 15.0. The predicted molar refractivity (Wildman–Crippen MR) is 96.7 cm³/mol. The van der Waals surface area contributed by atoms with Gasteiger partial charge in [0.25, 0.3) is 0 Å². The van der Waals surface area contributed by atoms with Crippen LogP contribution in [0.15, 0.2) is 24.8 Å². The normalized spacial score (nSPS) is 18.7. The van der Waals surface area contributed by atoms with Crippen LogP contribution in [0.3, 0.4) is 0 Å². The van der Waals surface area contributed by atoms with Crippen molar-refractivity contribution in [1.82, 2.24) is 19.9 Å². The van der Waals surface area contributed by atoms with Crippen molar-refractivity contribution < 1.29 is 13.5 Å². The van der Waals surface area contributed by atoms with Gasteiger partial charge in [0.1, 0.15) is 29.6 Å². The molecule has 0 aliphatic carbocycles. The third-order valence-corrected chi connectivity index (χ3v) is 5.00. The summed E-state index contributed by atoms with van der Waals surface area (Å²) in [6.07, 6.45) is 3.71. The Labute approximate surface area is 156 Å². The number of ether oxygens (including phenoxy) is 1. The Hall–Kier alpha value is -2.39. The fourth-order valence-corrected chi connectivity index (χ4v) is 3.42. The Balaban J connectivity index is 1.38. The summed E-state index contributed by atoms with van der Waals surface area (Å²) in [6.45, 7) is 6.22. The number of pyridine rings is 1. The molecule has 0 radical (unpaired) electrons. The molecule has 27 heavy (non-hydrogen) atoms. The predicted octanol–water partition coefficient (Wildman–Crippen LogP) is 1.31. The largest absolute Gasteiger partial charge is 0.378 e. The molecule has 2 aromatic heterocycles. The third kappa shape index (κ3) is 4.14. The van der Waals surface area contributed by atoms with E-state index in [0.29, 0.717) is 26.3 Å². The molecule has 144 valence electrons. The molecule has 0 saturated carbocycles. The molecular formula is C18H22F2N6O. The van der Waals surface area contributed by atoms with Crippen molar-refractivity contribution in [2.24, 2.45) is 0 Å². The quantitative estimate of drug-likeness (QED) is 0.797. The lowest BCUT2D eigenvalue weighted by atomic mass is 10.2. The SMILES string of the molecule is Fc1cncc(F)c1CN1CCN(c2cc(N3CCOCC3)ncn2)CC1. The van der Waals surface area contributed by atoms with Crippen LogP contribution in [0.1, 0.15) is 5.56 Å². The van der Waals surface area contributed by atoms with Gasteiger partial charge in [0.15, 0.2) is 0 Å². The highest BCUT2D eigenvalue weighted by molar-refractivity contribution is 5.50. The standard InChI is InChI=1S/C18H22F2N6O/c19-15-10-21-11-16(20)14(15)12-24-1-3-25(4-2-24)17-9-18(23-13-22-17)26-5-7-27-8-6-26/h9-11,13H,1-8,12H2. The lowest BCUT2D eigenvalue weighted by molar-refractivity contribution is 0.122. The monoisotopic (exact) mass is 376 g/mol. The second-order valence-corrected chi connectivity index (χ2v) is 6.68. The number of hydrogen-bond donors (Lipinski definition) is 0. The topological polar surface area (TPSA) is 57.6 Å². The van der Waals surface area contributed by atoms with Crippen molar-refractivity contribution in [3.05, 3.63) is 42.0 Å². The Kier molecular flexibility index (Phi) is 5.40. The molecule has 0 atom stereocenters. The van der Waals surface area contributed by atoms with Crippen molar-refractivity contribution in [3.8, 4) is 0 Å². The van der Waals surface area contributed by atoms with Gasteiger partial charge in [0.05, 0.1) is 25.6 Å². The van der Waals surface area contributed by atoms with Crippen LogP contribution >= 0.6 is 0 Å². The number of halogens is 2. The highest BCUT2D eigenvalue weighted by Crippen LogP contribution is 2.21. The van der Waals surface area contributed by atoms with Crippen LogP contribution in [0.4, 0.5) is 20.4 Å². The minimum Gasteiger partial charge on any atom is -0.378 e. The van der Waals surface area contributed by atoms with E-state index in [-0.39, 0.29) is 12.1 Å². The van der Waals surface area contributed by atoms with Crippen LogP contribution in [0, 0.1) is 11.6 Å². The van der Waals surface area contributed by atoms with Gasteiger partial charge in [-0.1, -0.05) is 0 Å². The molecule has 2 aromatic rings. The molecule has 0 N–H and O–H groups in total. The average molecular weight is 376 g/mol. The Morgan fingerprint density at radius 1 is 0.852 bits per heavy atom. The van der Waals surface area contributed by atoms with Crippen molar-refractivity contribution in [3.63, 3.8) is 0 Å². The molecular weight excluding hydrogens is 354 g/mol. The number of aromatic nitrogens is 3. The molecule has 0 spiro atoms. The van der Waals surface area contributed by atoms with Crippen LogP contribution in [-0.2, 0) is 11.3 Å². The summed E-state index contributed by atoms with van der Waals surface area (Å²) in [6, 6.07) is 2.00. The van der Waals surface area contributed by atoms with E-state index in [0.717, 1.165) is 50.2 Å². The van der Waals surface area contributed by atoms with E-state index in [4.69, 9.17) is 4.74 Å². The lowest BCUT2D eigenvalue weighted by Gasteiger charge is -2.36. The van der Waals surface area contributed by atoms with Crippen molar-refractivity contribution in [2.45, 2.75) is 6.54 Å². The molecule has 9 heteroatoms. The van der Waals surface area contributed by atoms with Gasteiger partial charge in [0, 0.05) is 57.4 Å².